The molecular formula is C19H21BrN2O5S. The molecule has 0 radical (unpaired) electrons. The van der Waals surface area contributed by atoms with Crippen LogP contribution in [0.25, 0.3) is 0 Å². The predicted molar refractivity (Wildman–Crippen MR) is 111 cm³/mol. The highest BCUT2D eigenvalue weighted by Crippen LogP contribution is 2.36. The summed E-state index contributed by atoms with van der Waals surface area (Å²) < 4.78 is 37.2. The molecule has 0 aromatic heterocycles. The number of carbonyl (C=O) groups excluding carboxylic acids is 1. The van der Waals surface area contributed by atoms with Crippen LogP contribution in [0.5, 0.6) is 11.5 Å². The normalized spacial score (nSPS) is 12.7. The highest BCUT2D eigenvalue weighted by molar-refractivity contribution is 9.10. The van der Waals surface area contributed by atoms with Gasteiger partial charge in [-0.2, -0.15) is 0 Å². The number of halogens is 1. The van der Waals surface area contributed by atoms with Crippen LogP contribution in [0.15, 0.2) is 40.9 Å². The Kier molecular flexibility index (Phi) is 6.14. The van der Waals surface area contributed by atoms with Crippen LogP contribution in [-0.4, -0.2) is 33.9 Å². The molecular weight excluding hydrogens is 448 g/mol. The lowest BCUT2D eigenvalue weighted by atomic mass is 10.2. The molecule has 1 aliphatic heterocycles. The molecule has 9 heteroatoms. The fourth-order valence-corrected chi connectivity index (χ4v) is 4.06. The van der Waals surface area contributed by atoms with Gasteiger partial charge in [0.1, 0.15) is 0 Å². The number of ether oxygens (including phenoxy) is 2. The minimum absolute atomic E-state index is 0.118. The molecule has 0 saturated carbocycles. The summed E-state index contributed by atoms with van der Waals surface area (Å²) in [6.07, 6.45) is 1.72. The smallest absolute Gasteiger partial charge is 0.232 e. The van der Waals surface area contributed by atoms with E-state index in [0.29, 0.717) is 29.3 Å². The Morgan fingerprint density at radius 2 is 1.93 bits per heavy atom. The molecule has 2 aromatic rings. The van der Waals surface area contributed by atoms with Crippen LogP contribution in [0.3, 0.4) is 0 Å². The summed E-state index contributed by atoms with van der Waals surface area (Å²) >= 11 is 3.42. The fourth-order valence-electron chi connectivity index (χ4n) is 2.86. The number of nitrogens with one attached hydrogen (secondary N) is 1. The minimum Gasteiger partial charge on any atom is -0.454 e. The summed E-state index contributed by atoms with van der Waals surface area (Å²) in [5.74, 6) is 0.928. The van der Waals surface area contributed by atoms with Crippen molar-refractivity contribution in [1.29, 1.82) is 0 Å². The van der Waals surface area contributed by atoms with E-state index in [1.54, 1.807) is 18.2 Å². The molecule has 1 amide bonds. The molecule has 1 heterocycles. The number of rotatable bonds is 7. The van der Waals surface area contributed by atoms with Crippen LogP contribution in [0, 0.1) is 6.92 Å². The Hall–Kier alpha value is -2.26. The number of hydrogen-bond acceptors (Lipinski definition) is 5. The predicted octanol–water partition coefficient (Wildman–Crippen LogP) is 3.67. The summed E-state index contributed by atoms with van der Waals surface area (Å²) in [6.45, 7) is 2.24. The quantitative estimate of drug-likeness (QED) is 0.669. The summed E-state index contributed by atoms with van der Waals surface area (Å²) in [6, 6.07) is 10.5. The van der Waals surface area contributed by atoms with Crippen molar-refractivity contribution >= 4 is 43.2 Å². The Morgan fingerprint density at radius 3 is 2.64 bits per heavy atom. The standard InChI is InChI=1S/C19H21BrN2O5S/c1-13-10-14(5-7-16(13)20)21-19(23)4-3-9-22(28(2,24)25)15-6-8-17-18(11-15)27-12-26-17/h5-8,10-11H,3-4,9,12H2,1-2H3,(H,21,23). The van der Waals surface area contributed by atoms with Gasteiger partial charge in [0.05, 0.1) is 11.9 Å². The molecule has 0 unspecified atom stereocenters. The van der Waals surface area contributed by atoms with Crippen molar-refractivity contribution in [3.8, 4) is 11.5 Å². The number of sulfonamides is 1. The van der Waals surface area contributed by atoms with Crippen molar-refractivity contribution in [2.75, 3.05) is 29.2 Å². The fraction of sp³-hybridized carbons (Fsp3) is 0.316. The van der Waals surface area contributed by atoms with E-state index >= 15 is 0 Å². The monoisotopic (exact) mass is 468 g/mol. The average molecular weight is 469 g/mol. The van der Waals surface area contributed by atoms with Crippen LogP contribution in [0.2, 0.25) is 0 Å². The molecule has 3 rings (SSSR count). The van der Waals surface area contributed by atoms with Crippen molar-refractivity contribution in [3.63, 3.8) is 0 Å². The zero-order valence-corrected chi connectivity index (χ0v) is 18.0. The number of nitrogens with zero attached hydrogens (tertiary/aromatic N) is 1. The van der Waals surface area contributed by atoms with Gasteiger partial charge in [-0.3, -0.25) is 9.10 Å². The van der Waals surface area contributed by atoms with Gasteiger partial charge in [0, 0.05) is 29.2 Å². The number of fused-ring (bicyclic) bond motifs is 1. The van der Waals surface area contributed by atoms with E-state index in [1.165, 1.54) is 4.31 Å². The topological polar surface area (TPSA) is 84.9 Å². The van der Waals surface area contributed by atoms with E-state index in [2.05, 4.69) is 21.2 Å². The highest BCUT2D eigenvalue weighted by atomic mass is 79.9. The summed E-state index contributed by atoms with van der Waals surface area (Å²) in [7, 11) is -3.50. The second-order valence-corrected chi connectivity index (χ2v) is 9.25. The van der Waals surface area contributed by atoms with E-state index in [9.17, 15) is 13.2 Å². The van der Waals surface area contributed by atoms with Crippen LogP contribution in [-0.2, 0) is 14.8 Å². The molecule has 0 bridgehead atoms. The van der Waals surface area contributed by atoms with Gasteiger partial charge in [-0.05, 0) is 49.2 Å². The van der Waals surface area contributed by atoms with Crippen LogP contribution in [0.4, 0.5) is 11.4 Å². The molecule has 1 aliphatic rings. The Balaban J connectivity index is 1.61. The van der Waals surface area contributed by atoms with Gasteiger partial charge in [0.2, 0.25) is 22.7 Å². The van der Waals surface area contributed by atoms with Crippen molar-refractivity contribution in [2.45, 2.75) is 19.8 Å². The van der Waals surface area contributed by atoms with Gasteiger partial charge in [-0.25, -0.2) is 8.42 Å². The van der Waals surface area contributed by atoms with Crippen molar-refractivity contribution in [2.24, 2.45) is 0 Å². The Bertz CT molecular complexity index is 994. The maximum Gasteiger partial charge on any atom is 0.232 e. The number of benzene rings is 2. The lowest BCUT2D eigenvalue weighted by Crippen LogP contribution is -2.31. The van der Waals surface area contributed by atoms with E-state index in [4.69, 9.17) is 9.47 Å². The molecule has 0 spiro atoms. The first-order chi connectivity index (χ1) is 13.2. The molecule has 1 N–H and O–H groups in total. The molecule has 0 atom stereocenters. The SMILES string of the molecule is Cc1cc(NC(=O)CCCN(c2ccc3c(c2)OCO3)S(C)(=O)=O)ccc1Br. The zero-order chi connectivity index (χ0) is 20.3. The minimum atomic E-state index is -3.50. The first-order valence-corrected chi connectivity index (χ1v) is 11.3. The largest absolute Gasteiger partial charge is 0.454 e. The molecule has 150 valence electrons. The maximum absolute atomic E-state index is 12.2. The van der Waals surface area contributed by atoms with E-state index < -0.39 is 10.0 Å². The van der Waals surface area contributed by atoms with E-state index in [0.717, 1.165) is 16.3 Å². The Labute approximate surface area is 172 Å². The summed E-state index contributed by atoms with van der Waals surface area (Å²) in [4.78, 5) is 12.2. The van der Waals surface area contributed by atoms with Crippen molar-refractivity contribution < 1.29 is 22.7 Å². The second kappa shape index (κ2) is 8.40. The Morgan fingerprint density at radius 1 is 1.18 bits per heavy atom. The average Bonchev–Trinajstić information content (AvgIpc) is 3.08. The lowest BCUT2D eigenvalue weighted by Gasteiger charge is -2.22. The highest BCUT2D eigenvalue weighted by Gasteiger charge is 2.21. The summed E-state index contributed by atoms with van der Waals surface area (Å²) in [5, 5.41) is 2.83. The van der Waals surface area contributed by atoms with Crippen molar-refractivity contribution in [3.05, 3.63) is 46.4 Å². The van der Waals surface area contributed by atoms with Gasteiger partial charge in [0.25, 0.3) is 0 Å². The van der Waals surface area contributed by atoms with Gasteiger partial charge in [-0.15, -0.1) is 0 Å². The van der Waals surface area contributed by atoms with Crippen LogP contribution in [0.1, 0.15) is 18.4 Å². The van der Waals surface area contributed by atoms with Gasteiger partial charge in [0.15, 0.2) is 11.5 Å². The molecule has 0 saturated heterocycles. The van der Waals surface area contributed by atoms with Crippen molar-refractivity contribution in [1.82, 2.24) is 0 Å². The maximum atomic E-state index is 12.2. The molecule has 0 aliphatic carbocycles. The number of amides is 1. The first-order valence-electron chi connectivity index (χ1n) is 8.67. The zero-order valence-electron chi connectivity index (χ0n) is 15.6. The summed E-state index contributed by atoms with van der Waals surface area (Å²) in [5.41, 5.74) is 2.21. The van der Waals surface area contributed by atoms with Crippen LogP contribution >= 0.6 is 15.9 Å². The van der Waals surface area contributed by atoms with Gasteiger partial charge < -0.3 is 14.8 Å². The third-order valence-corrected chi connectivity index (χ3v) is 6.34. The second-order valence-electron chi connectivity index (χ2n) is 6.49. The first kappa shape index (κ1) is 20.5. The van der Waals surface area contributed by atoms with Gasteiger partial charge >= 0.3 is 0 Å². The molecule has 0 fully saturated rings. The van der Waals surface area contributed by atoms with E-state index in [-0.39, 0.29) is 25.7 Å². The molecule has 2 aromatic carbocycles. The molecule has 28 heavy (non-hydrogen) atoms. The number of hydrogen-bond donors (Lipinski definition) is 1. The van der Waals surface area contributed by atoms with E-state index in [1.807, 2.05) is 25.1 Å². The number of anilines is 2. The number of aryl methyl sites for hydroxylation is 1. The third-order valence-electron chi connectivity index (χ3n) is 4.25. The molecule has 7 nitrogen and oxygen atoms in total. The number of carbonyl (C=O) groups is 1. The van der Waals surface area contributed by atoms with Gasteiger partial charge in [-0.1, -0.05) is 15.9 Å². The lowest BCUT2D eigenvalue weighted by molar-refractivity contribution is -0.116. The van der Waals surface area contributed by atoms with Crippen LogP contribution < -0.4 is 19.1 Å². The third kappa shape index (κ3) is 4.96.